The van der Waals surface area contributed by atoms with E-state index in [1.807, 2.05) is 18.3 Å². The Morgan fingerprint density at radius 1 is 1.38 bits per heavy atom. The van der Waals surface area contributed by atoms with Crippen LogP contribution in [0.2, 0.25) is 0 Å². The van der Waals surface area contributed by atoms with Crippen LogP contribution >= 0.6 is 0 Å². The maximum absolute atomic E-state index is 12.2. The summed E-state index contributed by atoms with van der Waals surface area (Å²) in [5, 5.41) is 0. The summed E-state index contributed by atoms with van der Waals surface area (Å²) >= 11 is 0. The summed E-state index contributed by atoms with van der Waals surface area (Å²) in [4.78, 5) is 16.6. The van der Waals surface area contributed by atoms with Gasteiger partial charge >= 0.3 is 0 Å². The van der Waals surface area contributed by atoms with Crippen molar-refractivity contribution in [1.82, 2.24) is 9.55 Å². The number of ether oxygens (including phenoxy) is 2. The van der Waals surface area contributed by atoms with Crippen LogP contribution in [0.1, 0.15) is 18.9 Å². The third-order valence-corrected chi connectivity index (χ3v) is 3.43. The van der Waals surface area contributed by atoms with Crippen LogP contribution in [0.5, 0.6) is 0 Å². The van der Waals surface area contributed by atoms with E-state index in [0.29, 0.717) is 19.8 Å². The molecule has 5 nitrogen and oxygen atoms in total. The van der Waals surface area contributed by atoms with Gasteiger partial charge in [0.2, 0.25) is 0 Å². The van der Waals surface area contributed by atoms with Crippen molar-refractivity contribution in [3.05, 3.63) is 46.4 Å². The summed E-state index contributed by atoms with van der Waals surface area (Å²) in [7, 11) is 0. The molecular weight excluding hydrogens is 268 g/mol. The van der Waals surface area contributed by atoms with Gasteiger partial charge in [0.15, 0.2) is 6.29 Å². The molecule has 0 saturated carbocycles. The van der Waals surface area contributed by atoms with Gasteiger partial charge in [0.25, 0.3) is 5.56 Å². The number of fused-ring (bicyclic) bond motifs is 1. The molecule has 0 aromatic carbocycles. The Morgan fingerprint density at radius 2 is 2.19 bits per heavy atom. The normalized spacial score (nSPS) is 16.2. The lowest BCUT2D eigenvalue weighted by Crippen LogP contribution is -2.27. The second-order valence-corrected chi connectivity index (χ2v) is 4.94. The summed E-state index contributed by atoms with van der Waals surface area (Å²) < 4.78 is 12.5. The lowest BCUT2D eigenvalue weighted by molar-refractivity contribution is -0.0522. The summed E-state index contributed by atoms with van der Waals surface area (Å²) in [6.45, 7) is 3.62. The standard InChI is InChI=1S/C16H18N2O3/c1-2-3-4-12-9-14-13(17-10-12)5-6-15(19)18(14)11-16-20-7-8-21-16/h3-6,9-10,16H,2,7-8,11H2,1H3. The van der Waals surface area contributed by atoms with Gasteiger partial charge in [-0.2, -0.15) is 0 Å². The predicted octanol–water partition coefficient (Wildman–Crippen LogP) is 2.19. The highest BCUT2D eigenvalue weighted by atomic mass is 16.7. The molecule has 1 aliphatic rings. The Balaban J connectivity index is 2.04. The van der Waals surface area contributed by atoms with Gasteiger partial charge in [-0.3, -0.25) is 9.78 Å². The van der Waals surface area contributed by atoms with Crippen molar-refractivity contribution in [2.75, 3.05) is 13.2 Å². The van der Waals surface area contributed by atoms with E-state index < -0.39 is 0 Å². The lowest BCUT2D eigenvalue weighted by Gasteiger charge is -2.14. The van der Waals surface area contributed by atoms with Crippen molar-refractivity contribution >= 4 is 17.1 Å². The number of hydrogen-bond acceptors (Lipinski definition) is 4. The monoisotopic (exact) mass is 286 g/mol. The molecule has 110 valence electrons. The first kappa shape index (κ1) is 14.0. The first-order chi connectivity index (χ1) is 10.3. The summed E-state index contributed by atoms with van der Waals surface area (Å²) in [5.74, 6) is 0. The van der Waals surface area contributed by atoms with Gasteiger partial charge in [0.1, 0.15) is 0 Å². The molecule has 3 heterocycles. The average Bonchev–Trinajstić information content (AvgIpc) is 3.01. The maximum Gasteiger partial charge on any atom is 0.251 e. The number of hydrogen-bond donors (Lipinski definition) is 0. The molecular formula is C16H18N2O3. The minimum absolute atomic E-state index is 0.0694. The van der Waals surface area contributed by atoms with Gasteiger partial charge in [0.05, 0.1) is 30.8 Å². The van der Waals surface area contributed by atoms with Crippen molar-refractivity contribution < 1.29 is 9.47 Å². The largest absolute Gasteiger partial charge is 0.348 e. The zero-order valence-corrected chi connectivity index (χ0v) is 12.0. The molecule has 3 rings (SSSR count). The van der Waals surface area contributed by atoms with Crippen LogP contribution in [-0.2, 0) is 16.0 Å². The third kappa shape index (κ3) is 3.04. The SMILES string of the molecule is CCC=Cc1cnc2ccc(=O)n(CC3OCCO3)c2c1. The molecule has 0 bridgehead atoms. The Morgan fingerprint density at radius 3 is 2.95 bits per heavy atom. The van der Waals surface area contributed by atoms with Gasteiger partial charge in [-0.05, 0) is 24.1 Å². The minimum atomic E-state index is -0.358. The molecule has 0 spiro atoms. The fourth-order valence-electron chi connectivity index (χ4n) is 2.38. The lowest BCUT2D eigenvalue weighted by atomic mass is 10.2. The Labute approximate surface area is 122 Å². The zero-order valence-electron chi connectivity index (χ0n) is 12.0. The van der Waals surface area contributed by atoms with Crippen molar-refractivity contribution in [3.63, 3.8) is 0 Å². The van der Waals surface area contributed by atoms with Crippen LogP contribution in [0.3, 0.4) is 0 Å². The highest BCUT2D eigenvalue weighted by Crippen LogP contribution is 2.15. The number of aromatic nitrogens is 2. The molecule has 0 N–H and O–H groups in total. The molecule has 1 fully saturated rings. The fraction of sp³-hybridized carbons (Fsp3) is 0.375. The zero-order chi connectivity index (χ0) is 14.7. The smallest absolute Gasteiger partial charge is 0.251 e. The van der Waals surface area contributed by atoms with Crippen LogP contribution < -0.4 is 5.56 Å². The molecule has 2 aromatic rings. The van der Waals surface area contributed by atoms with Gasteiger partial charge < -0.3 is 14.0 Å². The van der Waals surface area contributed by atoms with E-state index in [-0.39, 0.29) is 11.8 Å². The van der Waals surface area contributed by atoms with E-state index in [1.165, 1.54) is 6.07 Å². The van der Waals surface area contributed by atoms with Crippen molar-refractivity contribution in [3.8, 4) is 0 Å². The van der Waals surface area contributed by atoms with Crippen molar-refractivity contribution in [2.24, 2.45) is 0 Å². The van der Waals surface area contributed by atoms with E-state index in [0.717, 1.165) is 23.0 Å². The van der Waals surface area contributed by atoms with Crippen LogP contribution in [0, 0.1) is 0 Å². The highest BCUT2D eigenvalue weighted by Gasteiger charge is 2.18. The van der Waals surface area contributed by atoms with Crippen LogP contribution in [0.15, 0.2) is 35.3 Å². The topological polar surface area (TPSA) is 53.4 Å². The van der Waals surface area contributed by atoms with Gasteiger partial charge in [-0.25, -0.2) is 0 Å². The maximum atomic E-state index is 12.2. The second-order valence-electron chi connectivity index (χ2n) is 4.94. The minimum Gasteiger partial charge on any atom is -0.348 e. The summed E-state index contributed by atoms with van der Waals surface area (Å²) in [5.41, 5.74) is 2.51. The number of allylic oxidation sites excluding steroid dienone is 1. The first-order valence-electron chi connectivity index (χ1n) is 7.17. The molecule has 0 amide bonds. The molecule has 2 aromatic heterocycles. The summed E-state index contributed by atoms with van der Waals surface area (Å²) in [6.07, 6.45) is 6.49. The van der Waals surface area contributed by atoms with E-state index in [9.17, 15) is 4.79 Å². The molecule has 21 heavy (non-hydrogen) atoms. The first-order valence-corrected chi connectivity index (χ1v) is 7.17. The molecule has 0 unspecified atom stereocenters. The van der Waals surface area contributed by atoms with Crippen LogP contribution in [0.25, 0.3) is 17.1 Å². The van der Waals surface area contributed by atoms with E-state index in [2.05, 4.69) is 18.0 Å². The molecule has 1 aliphatic heterocycles. The Kier molecular flexibility index (Phi) is 4.13. The highest BCUT2D eigenvalue weighted by molar-refractivity contribution is 5.77. The number of nitrogens with zero attached hydrogens (tertiary/aromatic N) is 2. The number of pyridine rings is 2. The third-order valence-electron chi connectivity index (χ3n) is 3.43. The van der Waals surface area contributed by atoms with Crippen molar-refractivity contribution in [2.45, 2.75) is 26.2 Å². The Bertz CT molecular complexity index is 715. The molecule has 0 aliphatic carbocycles. The van der Waals surface area contributed by atoms with Crippen molar-refractivity contribution in [1.29, 1.82) is 0 Å². The van der Waals surface area contributed by atoms with Gasteiger partial charge in [0, 0.05) is 12.3 Å². The van der Waals surface area contributed by atoms with Gasteiger partial charge in [-0.1, -0.05) is 19.1 Å². The second kappa shape index (κ2) is 6.20. The number of rotatable bonds is 4. The quantitative estimate of drug-likeness (QED) is 0.864. The fourth-order valence-corrected chi connectivity index (χ4v) is 2.38. The summed E-state index contributed by atoms with van der Waals surface area (Å²) in [6, 6.07) is 5.26. The molecule has 1 saturated heterocycles. The average molecular weight is 286 g/mol. The predicted molar refractivity (Wildman–Crippen MR) is 81.0 cm³/mol. The Hall–Kier alpha value is -1.98. The van der Waals surface area contributed by atoms with Crippen LogP contribution in [-0.4, -0.2) is 29.1 Å². The van der Waals surface area contributed by atoms with E-state index in [4.69, 9.17) is 9.47 Å². The molecule has 0 atom stereocenters. The molecule has 0 radical (unpaired) electrons. The van der Waals surface area contributed by atoms with E-state index >= 15 is 0 Å². The van der Waals surface area contributed by atoms with Gasteiger partial charge in [-0.15, -0.1) is 0 Å². The van der Waals surface area contributed by atoms with E-state index in [1.54, 1.807) is 10.6 Å². The van der Waals surface area contributed by atoms with Crippen LogP contribution in [0.4, 0.5) is 0 Å². The molecule has 5 heteroatoms.